The van der Waals surface area contributed by atoms with Crippen molar-refractivity contribution in [2.24, 2.45) is 0 Å². The minimum atomic E-state index is -0.774. The number of allylic oxidation sites excluding steroid dienone is 6. The van der Waals surface area contributed by atoms with Gasteiger partial charge < -0.3 is 14.2 Å². The van der Waals surface area contributed by atoms with E-state index in [1.807, 2.05) is 0 Å². The lowest BCUT2D eigenvalue weighted by atomic mass is 10.0. The van der Waals surface area contributed by atoms with Gasteiger partial charge in [0.25, 0.3) is 0 Å². The third-order valence-corrected chi connectivity index (χ3v) is 15.4. The summed E-state index contributed by atoms with van der Waals surface area (Å²) in [5.41, 5.74) is 0. The number of carbonyl (C=O) groups excluding carboxylic acids is 3. The molecule has 0 aromatic rings. The smallest absolute Gasteiger partial charge is 0.306 e. The molecule has 0 N–H and O–H groups in total. The molecular weight excluding hydrogens is 937 g/mol. The molecule has 1 atom stereocenters. The van der Waals surface area contributed by atoms with Crippen molar-refractivity contribution in [3.63, 3.8) is 0 Å². The minimum absolute atomic E-state index is 0.0715. The zero-order chi connectivity index (χ0) is 55.0. The predicted octanol–water partition coefficient (Wildman–Crippen LogP) is 23.2. The van der Waals surface area contributed by atoms with Gasteiger partial charge in [-0.2, -0.15) is 0 Å². The Kier molecular flexibility index (Phi) is 63.1. The van der Waals surface area contributed by atoms with Gasteiger partial charge in [0.05, 0.1) is 0 Å². The highest BCUT2D eigenvalue weighted by atomic mass is 16.6. The number of ether oxygens (including phenoxy) is 3. The van der Waals surface area contributed by atoms with E-state index in [1.54, 1.807) is 0 Å². The Labute approximate surface area is 474 Å². The van der Waals surface area contributed by atoms with Gasteiger partial charge in [-0.1, -0.05) is 314 Å². The molecule has 1 unspecified atom stereocenters. The SMILES string of the molecule is CCCCC/C=C\CCCCCCCC(=O)OCC(COC(=O)CCCCCCCCCCCCC/C=C\C/C=C\CCCCCCC)OC(=O)CCCCCCCCCCCCCCCCCCCCCCCCC. The topological polar surface area (TPSA) is 78.9 Å². The summed E-state index contributed by atoms with van der Waals surface area (Å²) in [6, 6.07) is 0. The van der Waals surface area contributed by atoms with Crippen LogP contribution in [0.5, 0.6) is 0 Å². The minimum Gasteiger partial charge on any atom is -0.462 e. The standard InChI is InChI=1S/C70H130O6/c1-4-7-10-13-16-19-22-25-27-29-31-33-35-37-39-41-43-45-48-51-54-57-60-63-69(72)75-66-67(65-74-68(71)62-59-56-53-50-47-24-21-18-15-12-9-6-3)76-70(73)64-61-58-55-52-49-46-44-42-40-38-36-34-32-30-28-26-23-20-17-14-11-8-5-2/h18,21-22,25,29,31,67H,4-17,19-20,23-24,26-28,30,32-66H2,1-3H3/b21-18-,25-22-,31-29-. The van der Waals surface area contributed by atoms with Crippen molar-refractivity contribution in [2.45, 2.75) is 380 Å². The molecule has 0 aromatic heterocycles. The zero-order valence-electron chi connectivity index (χ0n) is 51.3. The fourth-order valence-corrected chi connectivity index (χ4v) is 10.2. The number of rotatable bonds is 63. The lowest BCUT2D eigenvalue weighted by Gasteiger charge is -2.18. The first kappa shape index (κ1) is 73.6. The second kappa shape index (κ2) is 65.2. The number of hydrogen-bond acceptors (Lipinski definition) is 6. The highest BCUT2D eigenvalue weighted by Gasteiger charge is 2.19. The monoisotopic (exact) mass is 1070 g/mol. The van der Waals surface area contributed by atoms with E-state index in [0.717, 1.165) is 70.6 Å². The summed E-state index contributed by atoms with van der Waals surface area (Å²) >= 11 is 0. The Balaban J connectivity index is 4.23. The third-order valence-electron chi connectivity index (χ3n) is 15.4. The van der Waals surface area contributed by atoms with Gasteiger partial charge in [0.15, 0.2) is 6.10 Å². The second-order valence-corrected chi connectivity index (χ2v) is 23.1. The van der Waals surface area contributed by atoms with E-state index in [0.29, 0.717) is 19.3 Å². The quantitative estimate of drug-likeness (QED) is 0.0261. The molecule has 446 valence electrons. The van der Waals surface area contributed by atoms with Crippen LogP contribution in [0.3, 0.4) is 0 Å². The van der Waals surface area contributed by atoms with Crippen LogP contribution in [-0.2, 0) is 28.6 Å². The number of hydrogen-bond donors (Lipinski definition) is 0. The maximum Gasteiger partial charge on any atom is 0.306 e. The van der Waals surface area contributed by atoms with Gasteiger partial charge in [-0.3, -0.25) is 14.4 Å². The molecule has 0 spiro atoms. The summed E-state index contributed by atoms with van der Waals surface area (Å²) in [6.07, 6.45) is 80.2. The molecule has 0 aromatic carbocycles. The van der Waals surface area contributed by atoms with Crippen LogP contribution in [0.15, 0.2) is 36.5 Å². The molecular formula is C70H130O6. The van der Waals surface area contributed by atoms with Crippen molar-refractivity contribution >= 4 is 17.9 Å². The van der Waals surface area contributed by atoms with Gasteiger partial charge in [-0.25, -0.2) is 0 Å². The van der Waals surface area contributed by atoms with Crippen molar-refractivity contribution < 1.29 is 28.6 Å². The normalized spacial score (nSPS) is 12.2. The van der Waals surface area contributed by atoms with Crippen molar-refractivity contribution in [3.05, 3.63) is 36.5 Å². The van der Waals surface area contributed by atoms with E-state index in [1.165, 1.54) is 263 Å². The highest BCUT2D eigenvalue weighted by molar-refractivity contribution is 5.71. The van der Waals surface area contributed by atoms with Crippen LogP contribution >= 0.6 is 0 Å². The lowest BCUT2D eigenvalue weighted by molar-refractivity contribution is -0.167. The zero-order valence-corrected chi connectivity index (χ0v) is 51.3. The molecule has 6 nitrogen and oxygen atoms in total. The van der Waals surface area contributed by atoms with Crippen molar-refractivity contribution in [2.75, 3.05) is 13.2 Å². The Hall–Kier alpha value is -2.37. The lowest BCUT2D eigenvalue weighted by Crippen LogP contribution is -2.30. The molecule has 0 saturated heterocycles. The second-order valence-electron chi connectivity index (χ2n) is 23.1. The maximum atomic E-state index is 12.9. The van der Waals surface area contributed by atoms with Gasteiger partial charge in [0.2, 0.25) is 0 Å². The van der Waals surface area contributed by atoms with Gasteiger partial charge in [0, 0.05) is 19.3 Å². The van der Waals surface area contributed by atoms with E-state index in [4.69, 9.17) is 14.2 Å². The molecule has 6 heteroatoms. The van der Waals surface area contributed by atoms with E-state index in [2.05, 4.69) is 57.2 Å². The van der Waals surface area contributed by atoms with Crippen molar-refractivity contribution in [1.29, 1.82) is 0 Å². The third kappa shape index (κ3) is 62.5. The molecule has 0 bridgehead atoms. The summed E-state index contributed by atoms with van der Waals surface area (Å²) in [5.74, 6) is -0.857. The average Bonchev–Trinajstić information content (AvgIpc) is 3.42. The fraction of sp³-hybridized carbons (Fsp3) is 0.871. The van der Waals surface area contributed by atoms with Crippen LogP contribution < -0.4 is 0 Å². The summed E-state index contributed by atoms with van der Waals surface area (Å²) in [6.45, 7) is 6.66. The molecule has 0 aliphatic carbocycles. The molecule has 0 saturated carbocycles. The molecule has 0 rings (SSSR count). The van der Waals surface area contributed by atoms with Gasteiger partial charge in [-0.05, 0) is 77.0 Å². The van der Waals surface area contributed by atoms with Crippen LogP contribution in [0, 0.1) is 0 Å². The summed E-state index contributed by atoms with van der Waals surface area (Å²) in [4.78, 5) is 38.3. The Bertz CT molecular complexity index is 1270. The largest absolute Gasteiger partial charge is 0.462 e. The van der Waals surface area contributed by atoms with E-state index in [9.17, 15) is 14.4 Å². The first-order chi connectivity index (χ1) is 37.5. The van der Waals surface area contributed by atoms with Crippen LogP contribution in [0.1, 0.15) is 374 Å². The maximum absolute atomic E-state index is 12.9. The van der Waals surface area contributed by atoms with E-state index >= 15 is 0 Å². The molecule has 0 amide bonds. The molecule has 76 heavy (non-hydrogen) atoms. The number of esters is 3. The molecule has 0 heterocycles. The first-order valence-corrected chi connectivity index (χ1v) is 34.0. The van der Waals surface area contributed by atoms with Crippen LogP contribution in [0.25, 0.3) is 0 Å². The van der Waals surface area contributed by atoms with E-state index in [-0.39, 0.29) is 31.1 Å². The van der Waals surface area contributed by atoms with Crippen LogP contribution in [0.2, 0.25) is 0 Å². The average molecular weight is 1070 g/mol. The molecule has 0 aliphatic rings. The Morgan fingerprint density at radius 3 is 0.763 bits per heavy atom. The van der Waals surface area contributed by atoms with Crippen molar-refractivity contribution in [1.82, 2.24) is 0 Å². The molecule has 0 fully saturated rings. The van der Waals surface area contributed by atoms with Gasteiger partial charge in [0.1, 0.15) is 13.2 Å². The summed E-state index contributed by atoms with van der Waals surface area (Å²) in [5, 5.41) is 0. The first-order valence-electron chi connectivity index (χ1n) is 34.0. The Morgan fingerprint density at radius 2 is 0.474 bits per heavy atom. The summed E-state index contributed by atoms with van der Waals surface area (Å²) in [7, 11) is 0. The van der Waals surface area contributed by atoms with Crippen molar-refractivity contribution in [3.8, 4) is 0 Å². The predicted molar refractivity (Wildman–Crippen MR) is 330 cm³/mol. The van der Waals surface area contributed by atoms with Gasteiger partial charge >= 0.3 is 17.9 Å². The van der Waals surface area contributed by atoms with E-state index < -0.39 is 6.10 Å². The molecule has 0 aliphatic heterocycles. The van der Waals surface area contributed by atoms with Gasteiger partial charge in [-0.15, -0.1) is 0 Å². The fourth-order valence-electron chi connectivity index (χ4n) is 10.2. The number of unbranched alkanes of at least 4 members (excludes halogenated alkanes) is 46. The highest BCUT2D eigenvalue weighted by Crippen LogP contribution is 2.18. The Morgan fingerprint density at radius 1 is 0.263 bits per heavy atom. The number of carbonyl (C=O) groups is 3. The molecule has 0 radical (unpaired) electrons. The summed E-state index contributed by atoms with van der Waals surface area (Å²) < 4.78 is 17.0. The van der Waals surface area contributed by atoms with Crippen LogP contribution in [0.4, 0.5) is 0 Å². The van der Waals surface area contributed by atoms with Crippen LogP contribution in [-0.4, -0.2) is 37.2 Å².